The van der Waals surface area contributed by atoms with Crippen LogP contribution in [0.3, 0.4) is 0 Å². The number of hydrogen-bond acceptors (Lipinski definition) is 8. The third-order valence-electron chi connectivity index (χ3n) is 7.13. The van der Waals surface area contributed by atoms with Gasteiger partial charge in [0.1, 0.15) is 5.65 Å². The van der Waals surface area contributed by atoms with Crippen molar-refractivity contribution in [2.45, 2.75) is 26.3 Å². The van der Waals surface area contributed by atoms with Gasteiger partial charge >= 0.3 is 0 Å². The number of rotatable bonds is 6. The van der Waals surface area contributed by atoms with Crippen LogP contribution in [0.15, 0.2) is 53.7 Å². The van der Waals surface area contributed by atoms with Gasteiger partial charge in [-0.3, -0.25) is 14.2 Å². The Morgan fingerprint density at radius 2 is 1.93 bits per heavy atom. The van der Waals surface area contributed by atoms with Crippen molar-refractivity contribution in [1.82, 2.24) is 34.5 Å². The third-order valence-corrected chi connectivity index (χ3v) is 7.13. The van der Waals surface area contributed by atoms with Crippen LogP contribution in [0.1, 0.15) is 28.7 Å². The number of benzene rings is 1. The predicted molar refractivity (Wildman–Crippen MR) is 154 cm³/mol. The van der Waals surface area contributed by atoms with Crippen molar-refractivity contribution in [3.63, 3.8) is 0 Å². The fourth-order valence-corrected chi connectivity index (χ4v) is 4.81. The van der Waals surface area contributed by atoms with Crippen LogP contribution in [-0.2, 0) is 17.8 Å². The number of likely N-dealkylation sites (tertiary alicyclic amines) is 1. The number of aryl methyl sites for hydroxylation is 1. The molecule has 1 N–H and O–H groups in total. The smallest absolute Gasteiger partial charge is 0.298 e. The molecule has 0 radical (unpaired) electrons. The Morgan fingerprint density at radius 3 is 2.62 bits per heavy atom. The van der Waals surface area contributed by atoms with Crippen LogP contribution in [0.5, 0.6) is 0 Å². The van der Waals surface area contributed by atoms with E-state index in [4.69, 9.17) is 4.98 Å². The molecule has 0 saturated carbocycles. The van der Waals surface area contributed by atoms with Gasteiger partial charge in [-0.1, -0.05) is 18.1 Å². The zero-order chi connectivity index (χ0) is 28.2. The maximum atomic E-state index is 13.6. The Hall–Kier alpha value is -4.62. The van der Waals surface area contributed by atoms with E-state index in [1.807, 2.05) is 19.1 Å². The summed E-state index contributed by atoms with van der Waals surface area (Å²) in [7, 11) is 5.39. The highest BCUT2D eigenvalue weighted by Crippen LogP contribution is 2.22. The van der Waals surface area contributed by atoms with Gasteiger partial charge in [-0.2, -0.15) is 15.2 Å². The largest absolute Gasteiger partial charge is 0.338 e. The van der Waals surface area contributed by atoms with E-state index in [2.05, 4.69) is 56.4 Å². The number of hydrogen-bond donors (Lipinski definition) is 1. The van der Waals surface area contributed by atoms with Crippen LogP contribution in [0.2, 0.25) is 0 Å². The first-order valence-electron chi connectivity index (χ1n) is 13.2. The van der Waals surface area contributed by atoms with Crippen molar-refractivity contribution in [2.24, 2.45) is 5.92 Å². The van der Waals surface area contributed by atoms with Crippen molar-refractivity contribution >= 4 is 28.6 Å². The topological polar surface area (TPSA) is 109 Å². The number of carbonyl (C=O) groups is 1. The summed E-state index contributed by atoms with van der Waals surface area (Å²) < 4.78 is 1.54. The van der Waals surface area contributed by atoms with Gasteiger partial charge in [-0.15, -0.1) is 0 Å². The highest BCUT2D eigenvalue weighted by molar-refractivity contribution is 5.94. The van der Waals surface area contributed by atoms with E-state index in [0.29, 0.717) is 22.9 Å². The summed E-state index contributed by atoms with van der Waals surface area (Å²) in [6.07, 6.45) is 7.24. The second-order valence-electron chi connectivity index (χ2n) is 10.5. The van der Waals surface area contributed by atoms with Gasteiger partial charge in [-0.05, 0) is 74.2 Å². The summed E-state index contributed by atoms with van der Waals surface area (Å²) >= 11 is 0. The van der Waals surface area contributed by atoms with Crippen LogP contribution in [0, 0.1) is 24.7 Å². The summed E-state index contributed by atoms with van der Waals surface area (Å²) in [6.45, 7) is 4.43. The predicted octanol–water partition coefficient (Wildman–Crippen LogP) is 2.62. The van der Waals surface area contributed by atoms with E-state index >= 15 is 0 Å². The fraction of sp³-hybridized carbons (Fsp3) is 0.333. The maximum Gasteiger partial charge on any atom is 0.298 e. The van der Waals surface area contributed by atoms with E-state index in [9.17, 15) is 9.59 Å². The van der Waals surface area contributed by atoms with Crippen LogP contribution in [-0.4, -0.2) is 74.7 Å². The van der Waals surface area contributed by atoms with Gasteiger partial charge in [0.05, 0.1) is 24.5 Å². The van der Waals surface area contributed by atoms with Crippen molar-refractivity contribution in [2.75, 3.05) is 39.5 Å². The van der Waals surface area contributed by atoms with Gasteiger partial charge in [-0.25, -0.2) is 4.98 Å². The number of aromatic nitrogens is 5. The zero-order valence-electron chi connectivity index (χ0n) is 23.2. The lowest BCUT2D eigenvalue weighted by Crippen LogP contribution is -2.25. The Bertz CT molecular complexity index is 1670. The molecule has 10 nitrogen and oxygen atoms in total. The highest BCUT2D eigenvalue weighted by atomic mass is 16.2. The molecule has 4 aromatic rings. The lowest BCUT2D eigenvalue weighted by atomic mass is 9.98. The maximum absolute atomic E-state index is 13.6. The van der Waals surface area contributed by atoms with Gasteiger partial charge in [0.15, 0.2) is 0 Å². The lowest BCUT2D eigenvalue weighted by Gasteiger charge is -2.13. The van der Waals surface area contributed by atoms with Crippen molar-refractivity contribution in [3.05, 3.63) is 81.5 Å². The minimum absolute atomic E-state index is 0.190. The molecule has 3 aromatic heterocycles. The van der Waals surface area contributed by atoms with Crippen LogP contribution < -0.4 is 10.9 Å². The van der Waals surface area contributed by atoms with E-state index in [1.54, 1.807) is 38.8 Å². The first kappa shape index (κ1) is 27.0. The summed E-state index contributed by atoms with van der Waals surface area (Å²) in [5, 5.41) is 11.8. The molecule has 1 amide bonds. The van der Waals surface area contributed by atoms with Crippen LogP contribution in [0.4, 0.5) is 11.6 Å². The molecule has 5 rings (SSSR count). The second-order valence-corrected chi connectivity index (χ2v) is 10.5. The third kappa shape index (κ3) is 6.16. The highest BCUT2D eigenvalue weighted by Gasteiger charge is 2.19. The Labute approximate surface area is 233 Å². The molecular weight excluding hydrogens is 504 g/mol. The van der Waals surface area contributed by atoms with E-state index < -0.39 is 5.91 Å². The van der Waals surface area contributed by atoms with Crippen molar-refractivity contribution in [1.29, 1.82) is 0 Å². The molecule has 0 aliphatic carbocycles. The van der Waals surface area contributed by atoms with E-state index in [1.165, 1.54) is 21.5 Å². The molecule has 10 heteroatoms. The SMILES string of the molecule is Cc1cnncc1Cn1c(=O)c(C#CC(=O)N(C)C)cc2cnc(Nc3ccc(CC4CCN(C)C4)cc3)nc21. The second kappa shape index (κ2) is 11.6. The fourth-order valence-electron chi connectivity index (χ4n) is 4.81. The Morgan fingerprint density at radius 1 is 1.15 bits per heavy atom. The average molecular weight is 537 g/mol. The molecule has 0 spiro atoms. The average Bonchev–Trinajstić information content (AvgIpc) is 3.35. The first-order valence-corrected chi connectivity index (χ1v) is 13.2. The molecule has 4 heterocycles. The minimum atomic E-state index is -0.391. The Balaban J connectivity index is 1.47. The molecule has 1 aliphatic heterocycles. The summed E-state index contributed by atoms with van der Waals surface area (Å²) in [4.78, 5) is 38.5. The van der Waals surface area contributed by atoms with E-state index in [-0.39, 0.29) is 17.7 Å². The molecule has 40 heavy (non-hydrogen) atoms. The normalized spacial score (nSPS) is 15.1. The molecule has 1 saturated heterocycles. The van der Waals surface area contributed by atoms with Gasteiger partial charge in [0.25, 0.3) is 11.5 Å². The number of fused-ring (bicyclic) bond motifs is 1. The van der Waals surface area contributed by atoms with Gasteiger partial charge < -0.3 is 15.1 Å². The van der Waals surface area contributed by atoms with Crippen LogP contribution >= 0.6 is 0 Å². The lowest BCUT2D eigenvalue weighted by molar-refractivity contribution is -0.122. The zero-order valence-corrected chi connectivity index (χ0v) is 23.2. The number of pyridine rings is 1. The van der Waals surface area contributed by atoms with Crippen molar-refractivity contribution < 1.29 is 4.79 Å². The molecule has 1 aromatic carbocycles. The number of anilines is 2. The first-order chi connectivity index (χ1) is 19.3. The number of amides is 1. The molecule has 1 fully saturated rings. The minimum Gasteiger partial charge on any atom is -0.338 e. The number of nitrogens with zero attached hydrogens (tertiary/aromatic N) is 7. The number of carbonyl (C=O) groups excluding carboxylic acids is 1. The summed E-state index contributed by atoms with van der Waals surface area (Å²) in [6, 6.07) is 9.95. The van der Waals surface area contributed by atoms with Gasteiger partial charge in [0, 0.05) is 43.8 Å². The summed E-state index contributed by atoms with van der Waals surface area (Å²) in [5.41, 5.74) is 4.17. The number of nitrogens with one attached hydrogen (secondary N) is 1. The monoisotopic (exact) mass is 536 g/mol. The molecule has 1 unspecified atom stereocenters. The molecule has 204 valence electrons. The molecule has 1 aliphatic rings. The molecular formula is C30H32N8O2. The molecule has 1 atom stereocenters. The molecule has 0 bridgehead atoms. The standard InChI is InChI=1S/C30H32N8O2/c1-20-15-32-33-17-25(20)19-38-28-24(14-23(29(38)40)7-10-27(39)36(2)3)16-31-30(35-28)34-26-8-5-21(6-9-26)13-22-11-12-37(4)18-22/h5-6,8-9,14-17,22H,11-13,18-19H2,1-4H3,(H,31,34,35). The van der Waals surface area contributed by atoms with E-state index in [0.717, 1.165) is 36.3 Å². The van der Waals surface area contributed by atoms with Crippen molar-refractivity contribution in [3.8, 4) is 11.8 Å². The van der Waals surface area contributed by atoms with Gasteiger partial charge in [0.2, 0.25) is 5.95 Å². The summed E-state index contributed by atoms with van der Waals surface area (Å²) in [5.74, 6) is 5.94. The quantitative estimate of drug-likeness (QED) is 0.375. The van der Waals surface area contributed by atoms with Crippen LogP contribution in [0.25, 0.3) is 11.0 Å². The Kier molecular flexibility index (Phi) is 7.84.